The van der Waals surface area contributed by atoms with Gasteiger partial charge in [0.05, 0.1) is 0 Å². The maximum Gasteiger partial charge on any atom is 0.325 e. The fourth-order valence-corrected chi connectivity index (χ4v) is 3.69. The lowest BCUT2D eigenvalue weighted by molar-refractivity contribution is -0.144. The number of carbonyl (C=O) groups is 1. The number of carboxylic acid groups (broad SMARTS) is 1. The standard InChI is InChI=1S/C20H33N3O2/c1-5-22(6-2)18-9-7-17(8-10-18)19(20(24)25)23-13-11-21(12-14-23)15-16(3)4/h7-10,16,19H,5-6,11-15H2,1-4H3,(H,24,25). The smallest absolute Gasteiger partial charge is 0.325 e. The minimum Gasteiger partial charge on any atom is -0.480 e. The minimum atomic E-state index is -0.757. The van der Waals surface area contributed by atoms with Crippen LogP contribution in [0.4, 0.5) is 5.69 Å². The van der Waals surface area contributed by atoms with Gasteiger partial charge < -0.3 is 14.9 Å². The third-order valence-corrected chi connectivity index (χ3v) is 4.97. The first-order valence-corrected chi connectivity index (χ1v) is 9.50. The van der Waals surface area contributed by atoms with Crippen molar-refractivity contribution in [2.24, 2.45) is 5.92 Å². The number of anilines is 1. The van der Waals surface area contributed by atoms with Gasteiger partial charge in [0, 0.05) is 51.5 Å². The molecule has 1 aromatic rings. The van der Waals surface area contributed by atoms with Crippen LogP contribution in [0.2, 0.25) is 0 Å². The quantitative estimate of drug-likeness (QED) is 0.783. The van der Waals surface area contributed by atoms with E-state index in [1.807, 2.05) is 24.3 Å². The zero-order valence-corrected chi connectivity index (χ0v) is 16.1. The molecule has 1 saturated heterocycles. The van der Waals surface area contributed by atoms with Gasteiger partial charge >= 0.3 is 5.97 Å². The van der Waals surface area contributed by atoms with Gasteiger partial charge in [-0.3, -0.25) is 9.69 Å². The SMILES string of the molecule is CCN(CC)c1ccc(C(C(=O)O)N2CCN(CC(C)C)CC2)cc1. The number of aliphatic carboxylic acids is 1. The van der Waals surface area contributed by atoms with E-state index in [-0.39, 0.29) is 0 Å². The van der Waals surface area contributed by atoms with E-state index >= 15 is 0 Å². The number of hydrogen-bond donors (Lipinski definition) is 1. The first kappa shape index (κ1) is 19.7. The van der Waals surface area contributed by atoms with Crippen LogP contribution >= 0.6 is 0 Å². The fraction of sp³-hybridized carbons (Fsp3) is 0.650. The second kappa shape index (κ2) is 9.20. The Balaban J connectivity index is 2.07. The molecule has 0 aromatic heterocycles. The van der Waals surface area contributed by atoms with Gasteiger partial charge in [0.1, 0.15) is 6.04 Å². The molecule has 1 N–H and O–H groups in total. The highest BCUT2D eigenvalue weighted by Crippen LogP contribution is 2.25. The van der Waals surface area contributed by atoms with Crippen molar-refractivity contribution in [1.82, 2.24) is 9.80 Å². The Morgan fingerprint density at radius 3 is 2.08 bits per heavy atom. The Hall–Kier alpha value is -1.59. The molecule has 25 heavy (non-hydrogen) atoms. The molecule has 0 aliphatic carbocycles. The summed E-state index contributed by atoms with van der Waals surface area (Å²) in [5.41, 5.74) is 2.03. The summed E-state index contributed by atoms with van der Waals surface area (Å²) in [6.07, 6.45) is 0. The lowest BCUT2D eigenvalue weighted by Gasteiger charge is -2.38. The van der Waals surface area contributed by atoms with Crippen LogP contribution in [0.25, 0.3) is 0 Å². The monoisotopic (exact) mass is 347 g/mol. The topological polar surface area (TPSA) is 47.0 Å². The Labute approximate surface area is 152 Å². The van der Waals surface area contributed by atoms with Crippen LogP contribution in [0.1, 0.15) is 39.3 Å². The number of piperazine rings is 1. The molecule has 5 heteroatoms. The van der Waals surface area contributed by atoms with E-state index in [9.17, 15) is 9.90 Å². The maximum atomic E-state index is 11.9. The van der Waals surface area contributed by atoms with Gasteiger partial charge in [0.2, 0.25) is 0 Å². The van der Waals surface area contributed by atoms with Crippen molar-refractivity contribution in [3.63, 3.8) is 0 Å². The highest BCUT2D eigenvalue weighted by Gasteiger charge is 2.30. The average Bonchev–Trinajstić information content (AvgIpc) is 2.58. The molecule has 1 aliphatic rings. The Kier molecular flexibility index (Phi) is 7.26. The van der Waals surface area contributed by atoms with Crippen molar-refractivity contribution in [3.8, 4) is 0 Å². The largest absolute Gasteiger partial charge is 0.480 e. The van der Waals surface area contributed by atoms with Crippen LogP contribution in [-0.4, -0.2) is 66.7 Å². The number of nitrogens with zero attached hydrogens (tertiary/aromatic N) is 3. The van der Waals surface area contributed by atoms with Gasteiger partial charge in [-0.1, -0.05) is 26.0 Å². The molecule has 0 saturated carbocycles. The second-order valence-electron chi connectivity index (χ2n) is 7.24. The van der Waals surface area contributed by atoms with Gasteiger partial charge in [0.15, 0.2) is 0 Å². The lowest BCUT2D eigenvalue weighted by Crippen LogP contribution is -2.49. The van der Waals surface area contributed by atoms with Crippen LogP contribution in [0, 0.1) is 5.92 Å². The lowest BCUT2D eigenvalue weighted by atomic mass is 10.0. The van der Waals surface area contributed by atoms with Crippen molar-refractivity contribution in [3.05, 3.63) is 29.8 Å². The third kappa shape index (κ3) is 5.19. The number of carboxylic acids is 1. The molecule has 0 bridgehead atoms. The summed E-state index contributed by atoms with van der Waals surface area (Å²) in [5, 5.41) is 9.80. The molecule has 0 radical (unpaired) electrons. The number of benzene rings is 1. The van der Waals surface area contributed by atoms with Crippen LogP contribution in [0.15, 0.2) is 24.3 Å². The van der Waals surface area contributed by atoms with Crippen LogP contribution < -0.4 is 4.90 Å². The summed E-state index contributed by atoms with van der Waals surface area (Å²) in [6, 6.07) is 7.51. The van der Waals surface area contributed by atoms with Crippen LogP contribution in [0.3, 0.4) is 0 Å². The Morgan fingerprint density at radius 2 is 1.64 bits per heavy atom. The maximum absolute atomic E-state index is 11.9. The fourth-order valence-electron chi connectivity index (χ4n) is 3.69. The summed E-state index contributed by atoms with van der Waals surface area (Å²) < 4.78 is 0. The minimum absolute atomic E-state index is 0.549. The number of rotatable bonds is 8. The van der Waals surface area contributed by atoms with Gasteiger partial charge in [-0.05, 0) is 37.5 Å². The highest BCUT2D eigenvalue weighted by molar-refractivity contribution is 5.76. The molecule has 1 fully saturated rings. The van der Waals surface area contributed by atoms with Crippen LogP contribution in [0.5, 0.6) is 0 Å². The molecular weight excluding hydrogens is 314 g/mol. The van der Waals surface area contributed by atoms with Crippen molar-refractivity contribution >= 4 is 11.7 Å². The second-order valence-corrected chi connectivity index (χ2v) is 7.24. The van der Waals surface area contributed by atoms with E-state index in [0.717, 1.165) is 57.1 Å². The summed E-state index contributed by atoms with van der Waals surface area (Å²) in [6.45, 7) is 15.2. The van der Waals surface area contributed by atoms with E-state index in [0.29, 0.717) is 5.92 Å². The van der Waals surface area contributed by atoms with E-state index in [1.165, 1.54) is 0 Å². The molecule has 5 nitrogen and oxygen atoms in total. The van der Waals surface area contributed by atoms with Crippen molar-refractivity contribution < 1.29 is 9.90 Å². The van der Waals surface area contributed by atoms with Crippen molar-refractivity contribution in [2.75, 3.05) is 50.7 Å². The van der Waals surface area contributed by atoms with Crippen molar-refractivity contribution in [1.29, 1.82) is 0 Å². The third-order valence-electron chi connectivity index (χ3n) is 4.97. The zero-order chi connectivity index (χ0) is 18.4. The molecule has 2 rings (SSSR count). The highest BCUT2D eigenvalue weighted by atomic mass is 16.4. The number of hydrogen-bond acceptors (Lipinski definition) is 4. The van der Waals surface area contributed by atoms with Gasteiger partial charge in [-0.2, -0.15) is 0 Å². The Bertz CT molecular complexity index is 532. The molecule has 0 amide bonds. The zero-order valence-electron chi connectivity index (χ0n) is 16.1. The average molecular weight is 348 g/mol. The normalized spacial score (nSPS) is 17.6. The first-order chi connectivity index (χ1) is 12.0. The summed E-state index contributed by atoms with van der Waals surface area (Å²) in [4.78, 5) is 18.7. The van der Waals surface area contributed by atoms with Crippen molar-refractivity contribution in [2.45, 2.75) is 33.7 Å². The molecule has 140 valence electrons. The molecule has 1 aliphatic heterocycles. The predicted octanol–water partition coefficient (Wildman–Crippen LogP) is 2.93. The molecule has 0 spiro atoms. The molecule has 1 aromatic carbocycles. The van der Waals surface area contributed by atoms with E-state index in [1.54, 1.807) is 0 Å². The molecule has 1 heterocycles. The van der Waals surface area contributed by atoms with E-state index < -0.39 is 12.0 Å². The molecule has 1 unspecified atom stereocenters. The van der Waals surface area contributed by atoms with Gasteiger partial charge in [-0.25, -0.2) is 0 Å². The van der Waals surface area contributed by atoms with E-state index in [2.05, 4.69) is 42.4 Å². The van der Waals surface area contributed by atoms with E-state index in [4.69, 9.17) is 0 Å². The molecular formula is C20H33N3O2. The summed E-state index contributed by atoms with van der Waals surface area (Å²) >= 11 is 0. The van der Waals surface area contributed by atoms with Gasteiger partial charge in [0.25, 0.3) is 0 Å². The predicted molar refractivity (Wildman–Crippen MR) is 103 cm³/mol. The summed E-state index contributed by atoms with van der Waals surface area (Å²) in [7, 11) is 0. The van der Waals surface area contributed by atoms with Crippen LogP contribution in [-0.2, 0) is 4.79 Å². The van der Waals surface area contributed by atoms with Gasteiger partial charge in [-0.15, -0.1) is 0 Å². The first-order valence-electron chi connectivity index (χ1n) is 9.50. The summed E-state index contributed by atoms with van der Waals surface area (Å²) in [5.74, 6) is -0.109. The Morgan fingerprint density at radius 1 is 1.08 bits per heavy atom. The molecule has 1 atom stereocenters.